The predicted octanol–water partition coefficient (Wildman–Crippen LogP) is 2.76. The van der Waals surface area contributed by atoms with E-state index in [-0.39, 0.29) is 43.1 Å². The molecule has 0 heterocycles. The van der Waals surface area contributed by atoms with Crippen LogP contribution in [0, 0.1) is 34.0 Å². The van der Waals surface area contributed by atoms with Gasteiger partial charge in [0.05, 0.1) is 12.4 Å². The maximum Gasteiger partial charge on any atom is 0.416 e. The number of hydrogen-bond acceptors (Lipinski definition) is 8. The largest absolute Gasteiger partial charge is 0.448 e. The number of aliphatic hydroxyl groups excluding tert-OH is 1. The molecule has 2 amide bonds. The first-order valence-electron chi connectivity index (χ1n) is 12.5. The highest BCUT2D eigenvalue weighted by molar-refractivity contribution is 7.88. The molecule has 3 N–H and O–H groups in total. The fraction of sp³-hybridized carbons (Fsp3) is 0.800. The fourth-order valence-corrected chi connectivity index (χ4v) is 7.60. The van der Waals surface area contributed by atoms with Gasteiger partial charge in [0, 0.05) is 29.7 Å². The summed E-state index contributed by atoms with van der Waals surface area (Å²) in [5.74, 6) is -0.327. The fourth-order valence-electron chi connectivity index (χ4n) is 7.15. The van der Waals surface area contributed by atoms with Gasteiger partial charge in [-0.25, -0.2) is 28.0 Å². The van der Waals surface area contributed by atoms with Crippen molar-refractivity contribution < 1.29 is 37.4 Å². The summed E-state index contributed by atoms with van der Waals surface area (Å²) in [5, 5.41) is 13.5. The maximum atomic E-state index is 13.4. The van der Waals surface area contributed by atoms with E-state index in [0.717, 1.165) is 19.1 Å². The van der Waals surface area contributed by atoms with Crippen LogP contribution in [0.1, 0.15) is 59.8 Å². The maximum absolute atomic E-state index is 13.4. The SMILES string of the molecule is C=C[C@]1(C)C[C@@H](OC(=O)NC(=O)OCCNS(C)(=O)=O)[C@@]2(C)C(C)CC[C@]3(CCC(=O)[C@H]32)[C@@H](C)[C@@H]1O. The number of aliphatic hydroxyl groups is 1. The zero-order valence-corrected chi connectivity index (χ0v) is 22.7. The number of hydrogen-bond donors (Lipinski definition) is 3. The van der Waals surface area contributed by atoms with Crippen molar-refractivity contribution in [2.45, 2.75) is 72.0 Å². The number of rotatable bonds is 6. The van der Waals surface area contributed by atoms with Crippen molar-refractivity contribution in [1.29, 1.82) is 0 Å². The van der Waals surface area contributed by atoms with Gasteiger partial charge in [0.1, 0.15) is 18.5 Å². The van der Waals surface area contributed by atoms with Crippen LogP contribution in [0.4, 0.5) is 9.59 Å². The van der Waals surface area contributed by atoms with E-state index in [1.807, 2.05) is 26.1 Å². The van der Waals surface area contributed by atoms with Crippen LogP contribution in [0.5, 0.6) is 0 Å². The molecule has 0 aromatic carbocycles. The predicted molar refractivity (Wildman–Crippen MR) is 132 cm³/mol. The zero-order chi connectivity index (χ0) is 27.1. The summed E-state index contributed by atoms with van der Waals surface area (Å²) < 4.78 is 35.1. The van der Waals surface area contributed by atoms with Crippen LogP contribution in [0.15, 0.2) is 12.7 Å². The number of nitrogens with one attached hydrogen (secondary N) is 2. The van der Waals surface area contributed by atoms with Crippen molar-refractivity contribution in [1.82, 2.24) is 10.0 Å². The molecule has 0 saturated heterocycles. The summed E-state index contributed by atoms with van der Waals surface area (Å²) in [6.07, 6.45) is 2.03. The van der Waals surface area contributed by atoms with Gasteiger partial charge in [-0.1, -0.05) is 33.8 Å². The van der Waals surface area contributed by atoms with E-state index in [1.54, 1.807) is 6.08 Å². The van der Waals surface area contributed by atoms with Crippen molar-refractivity contribution in [2.75, 3.05) is 19.4 Å². The summed E-state index contributed by atoms with van der Waals surface area (Å²) in [7, 11) is -3.43. The van der Waals surface area contributed by atoms with Crippen molar-refractivity contribution in [2.24, 2.45) is 34.0 Å². The summed E-state index contributed by atoms with van der Waals surface area (Å²) in [6, 6.07) is 0. The molecule has 2 bridgehead atoms. The van der Waals surface area contributed by atoms with Gasteiger partial charge in [-0.05, 0) is 42.9 Å². The topological polar surface area (TPSA) is 148 Å². The van der Waals surface area contributed by atoms with E-state index in [2.05, 4.69) is 18.2 Å². The average molecular weight is 529 g/mol. The number of amides is 2. The standard InChI is InChI=1S/C25H40N2O8S/c1-7-23(4)14-18(35-22(31)27-21(30)34-13-12-26-36(6,32)33)24(5)15(2)8-10-25(16(3)20(23)29)11-9-17(28)19(24)25/h7,15-16,18-20,26,29H,1,8-14H2,2-6H3,(H,27,30,31)/t15?,16-,18+,19-,20-,23+,24+,25-/m0/s1. The van der Waals surface area contributed by atoms with E-state index in [0.29, 0.717) is 12.8 Å². The Bertz CT molecular complexity index is 1020. The third kappa shape index (κ3) is 5.06. The number of sulfonamides is 1. The van der Waals surface area contributed by atoms with Crippen LogP contribution in [-0.4, -0.2) is 63.1 Å². The summed E-state index contributed by atoms with van der Waals surface area (Å²) in [5.41, 5.74) is -1.89. The first-order valence-corrected chi connectivity index (χ1v) is 14.4. The molecule has 3 aliphatic rings. The molecule has 204 valence electrons. The number of ether oxygens (including phenoxy) is 2. The number of carbonyl (C=O) groups is 3. The van der Waals surface area contributed by atoms with Gasteiger partial charge in [-0.3, -0.25) is 4.79 Å². The summed E-state index contributed by atoms with van der Waals surface area (Å²) in [6.45, 7) is 11.5. The molecule has 3 rings (SSSR count). The minimum Gasteiger partial charge on any atom is -0.448 e. The summed E-state index contributed by atoms with van der Waals surface area (Å²) >= 11 is 0. The Hall–Kier alpha value is -1.98. The molecule has 36 heavy (non-hydrogen) atoms. The molecule has 1 unspecified atom stereocenters. The Balaban J connectivity index is 1.86. The lowest BCUT2D eigenvalue weighted by molar-refractivity contribution is -0.191. The Morgan fingerprint density at radius 3 is 2.50 bits per heavy atom. The van der Waals surface area contributed by atoms with Crippen molar-refractivity contribution >= 4 is 28.0 Å². The lowest BCUT2D eigenvalue weighted by Gasteiger charge is -2.61. The van der Waals surface area contributed by atoms with Crippen LogP contribution in [0.3, 0.4) is 0 Å². The average Bonchev–Trinajstić information content (AvgIpc) is 3.14. The minimum absolute atomic E-state index is 0.0565. The number of ketones is 1. The molecule has 0 radical (unpaired) electrons. The molecule has 3 saturated carbocycles. The van der Waals surface area contributed by atoms with Gasteiger partial charge < -0.3 is 14.6 Å². The number of alkyl carbamates (subject to hydrolysis) is 2. The van der Waals surface area contributed by atoms with Crippen LogP contribution < -0.4 is 10.0 Å². The molecule has 0 aromatic heterocycles. The first-order chi connectivity index (χ1) is 16.6. The van der Waals surface area contributed by atoms with Gasteiger partial charge in [0.2, 0.25) is 10.0 Å². The molecule has 3 aliphatic carbocycles. The molecule has 0 aromatic rings. The summed E-state index contributed by atoms with van der Waals surface area (Å²) in [4.78, 5) is 38.3. The van der Waals surface area contributed by atoms with E-state index in [4.69, 9.17) is 9.47 Å². The number of imide groups is 1. The molecular formula is C25H40N2O8S. The van der Waals surface area contributed by atoms with Crippen molar-refractivity contribution in [3.05, 3.63) is 12.7 Å². The first kappa shape index (κ1) is 28.6. The van der Waals surface area contributed by atoms with Gasteiger partial charge in [-0.15, -0.1) is 6.58 Å². The quantitative estimate of drug-likeness (QED) is 0.352. The second-order valence-electron chi connectivity index (χ2n) is 11.4. The van der Waals surface area contributed by atoms with E-state index in [9.17, 15) is 27.9 Å². The minimum atomic E-state index is -3.43. The van der Waals surface area contributed by atoms with Gasteiger partial charge >= 0.3 is 12.2 Å². The molecule has 8 atom stereocenters. The van der Waals surface area contributed by atoms with E-state index < -0.39 is 50.7 Å². The monoisotopic (exact) mass is 528 g/mol. The Morgan fingerprint density at radius 2 is 1.89 bits per heavy atom. The molecular weight excluding hydrogens is 488 g/mol. The lowest BCUT2D eigenvalue weighted by atomic mass is 9.44. The molecule has 10 nitrogen and oxygen atoms in total. The van der Waals surface area contributed by atoms with Crippen LogP contribution in [0.25, 0.3) is 0 Å². The molecule has 0 spiro atoms. The van der Waals surface area contributed by atoms with Gasteiger partial charge in [0.25, 0.3) is 0 Å². The van der Waals surface area contributed by atoms with Crippen molar-refractivity contribution in [3.63, 3.8) is 0 Å². The highest BCUT2D eigenvalue weighted by atomic mass is 32.2. The Morgan fingerprint density at radius 1 is 1.22 bits per heavy atom. The van der Waals surface area contributed by atoms with Crippen LogP contribution >= 0.6 is 0 Å². The highest BCUT2D eigenvalue weighted by Gasteiger charge is 2.68. The normalized spacial score (nSPS) is 40.4. The number of carbonyl (C=O) groups excluding carboxylic acids is 3. The molecule has 0 aliphatic heterocycles. The van der Waals surface area contributed by atoms with Crippen molar-refractivity contribution in [3.8, 4) is 0 Å². The molecule has 11 heteroatoms. The number of Topliss-reactive ketones (excluding diaryl/α,β-unsaturated/α-hetero) is 1. The second kappa shape index (κ2) is 10.1. The lowest BCUT2D eigenvalue weighted by Crippen LogP contribution is -2.63. The van der Waals surface area contributed by atoms with Crippen LogP contribution in [0.2, 0.25) is 0 Å². The highest BCUT2D eigenvalue weighted by Crippen LogP contribution is 2.67. The second-order valence-corrected chi connectivity index (χ2v) is 13.2. The smallest absolute Gasteiger partial charge is 0.416 e. The Labute approximate surface area is 213 Å². The van der Waals surface area contributed by atoms with E-state index >= 15 is 0 Å². The van der Waals surface area contributed by atoms with Gasteiger partial charge in [-0.2, -0.15) is 0 Å². The Kier molecular flexibility index (Phi) is 7.99. The van der Waals surface area contributed by atoms with Crippen LogP contribution in [-0.2, 0) is 24.3 Å². The molecule has 3 fully saturated rings. The third-order valence-electron chi connectivity index (χ3n) is 9.45. The van der Waals surface area contributed by atoms with Gasteiger partial charge in [0.15, 0.2) is 0 Å². The zero-order valence-electron chi connectivity index (χ0n) is 21.8. The third-order valence-corrected chi connectivity index (χ3v) is 10.2. The van der Waals surface area contributed by atoms with E-state index in [1.165, 1.54) is 0 Å².